The quantitative estimate of drug-likeness (QED) is 0.773. The molecule has 0 bridgehead atoms. The molecule has 5 heteroatoms. The van der Waals surface area contributed by atoms with E-state index in [1.165, 1.54) is 17.7 Å². The van der Waals surface area contributed by atoms with Crippen LogP contribution in [0.3, 0.4) is 0 Å². The minimum Gasteiger partial charge on any atom is -0.342 e. The number of carbonyl (C=O) groups is 2. The van der Waals surface area contributed by atoms with E-state index in [4.69, 9.17) is 0 Å². The molecular formula is C23H27FN2O2. The van der Waals surface area contributed by atoms with E-state index >= 15 is 0 Å². The van der Waals surface area contributed by atoms with E-state index in [2.05, 4.69) is 19.2 Å². The number of rotatable bonds is 7. The molecule has 2 amide bonds. The highest BCUT2D eigenvalue weighted by Crippen LogP contribution is 2.23. The van der Waals surface area contributed by atoms with Crippen LogP contribution in [0.5, 0.6) is 0 Å². The smallest absolute Gasteiger partial charge is 0.229 e. The molecule has 0 aromatic heterocycles. The Bertz CT molecular complexity index is 818. The number of amides is 2. The third-order valence-corrected chi connectivity index (χ3v) is 5.53. The Kier molecular flexibility index (Phi) is 6.45. The first kappa shape index (κ1) is 20.1. The molecule has 148 valence electrons. The summed E-state index contributed by atoms with van der Waals surface area (Å²) in [6, 6.07) is 14.2. The summed E-state index contributed by atoms with van der Waals surface area (Å²) in [4.78, 5) is 26.5. The molecule has 1 fully saturated rings. The second-order valence-corrected chi connectivity index (χ2v) is 7.54. The number of anilines is 1. The van der Waals surface area contributed by atoms with Crippen LogP contribution >= 0.6 is 0 Å². The number of likely N-dealkylation sites (tertiary alicyclic amines) is 1. The first-order valence-corrected chi connectivity index (χ1v) is 9.89. The van der Waals surface area contributed by atoms with Crippen LogP contribution in [0.15, 0.2) is 48.5 Å². The predicted octanol–water partition coefficient (Wildman–Crippen LogP) is 4.37. The van der Waals surface area contributed by atoms with Crippen LogP contribution in [0.4, 0.5) is 10.1 Å². The SMILES string of the molecule is CC[C@H](C)c1ccc(NC(=O)[C@H]2CC(=O)N(CCc3ccc(F)cc3)C2)cc1. The summed E-state index contributed by atoms with van der Waals surface area (Å²) in [6.07, 6.45) is 1.96. The fraction of sp³-hybridized carbons (Fsp3) is 0.391. The molecule has 1 saturated heterocycles. The molecule has 0 spiro atoms. The number of halogens is 1. The number of benzene rings is 2. The molecule has 2 aromatic rings. The standard InChI is InChI=1S/C23H27FN2O2/c1-3-16(2)18-6-10-21(11-7-18)25-23(28)19-14-22(27)26(15-19)13-12-17-4-8-20(24)9-5-17/h4-11,16,19H,3,12-15H2,1-2H3,(H,25,28)/t16-,19-/m0/s1. The summed E-state index contributed by atoms with van der Waals surface area (Å²) >= 11 is 0. The van der Waals surface area contributed by atoms with Crippen molar-refractivity contribution in [1.29, 1.82) is 0 Å². The Labute approximate surface area is 165 Å². The maximum absolute atomic E-state index is 13.0. The Morgan fingerprint density at radius 3 is 2.50 bits per heavy atom. The Morgan fingerprint density at radius 1 is 1.18 bits per heavy atom. The van der Waals surface area contributed by atoms with E-state index in [-0.39, 0.29) is 30.0 Å². The van der Waals surface area contributed by atoms with Crippen molar-refractivity contribution in [2.45, 2.75) is 39.0 Å². The van der Waals surface area contributed by atoms with Crippen molar-refractivity contribution in [3.63, 3.8) is 0 Å². The van der Waals surface area contributed by atoms with Gasteiger partial charge in [-0.05, 0) is 54.2 Å². The molecule has 0 aliphatic carbocycles. The summed E-state index contributed by atoms with van der Waals surface area (Å²) in [5, 5.41) is 2.93. The van der Waals surface area contributed by atoms with E-state index in [1.54, 1.807) is 17.0 Å². The van der Waals surface area contributed by atoms with Gasteiger partial charge in [0.1, 0.15) is 5.82 Å². The molecule has 4 nitrogen and oxygen atoms in total. The van der Waals surface area contributed by atoms with Crippen LogP contribution in [0, 0.1) is 11.7 Å². The molecule has 0 saturated carbocycles. The molecular weight excluding hydrogens is 355 g/mol. The number of nitrogens with zero attached hydrogens (tertiary/aromatic N) is 1. The summed E-state index contributed by atoms with van der Waals surface area (Å²) in [7, 11) is 0. The first-order valence-electron chi connectivity index (χ1n) is 9.89. The van der Waals surface area contributed by atoms with Crippen LogP contribution in [0.1, 0.15) is 43.7 Å². The Hall–Kier alpha value is -2.69. The summed E-state index contributed by atoms with van der Waals surface area (Å²) in [5.41, 5.74) is 2.99. The van der Waals surface area contributed by atoms with Crippen molar-refractivity contribution in [2.75, 3.05) is 18.4 Å². The van der Waals surface area contributed by atoms with Gasteiger partial charge in [-0.15, -0.1) is 0 Å². The third-order valence-electron chi connectivity index (χ3n) is 5.53. The van der Waals surface area contributed by atoms with Crippen molar-refractivity contribution in [3.05, 3.63) is 65.5 Å². The number of carbonyl (C=O) groups excluding carboxylic acids is 2. The molecule has 2 aromatic carbocycles. The lowest BCUT2D eigenvalue weighted by atomic mass is 9.98. The van der Waals surface area contributed by atoms with E-state index in [1.807, 2.05) is 24.3 Å². The molecule has 2 atom stereocenters. The molecule has 1 aliphatic rings. The molecule has 3 rings (SSSR count). The number of nitrogens with one attached hydrogen (secondary N) is 1. The lowest BCUT2D eigenvalue weighted by Gasteiger charge is -2.17. The highest BCUT2D eigenvalue weighted by molar-refractivity contribution is 5.97. The van der Waals surface area contributed by atoms with Crippen LogP contribution in [-0.2, 0) is 16.0 Å². The van der Waals surface area contributed by atoms with Gasteiger partial charge in [0.25, 0.3) is 0 Å². The highest BCUT2D eigenvalue weighted by Gasteiger charge is 2.34. The first-order chi connectivity index (χ1) is 13.5. The van der Waals surface area contributed by atoms with E-state index in [0.717, 1.165) is 17.7 Å². The lowest BCUT2D eigenvalue weighted by molar-refractivity contribution is -0.128. The molecule has 28 heavy (non-hydrogen) atoms. The van der Waals surface area contributed by atoms with Gasteiger partial charge in [0, 0.05) is 25.2 Å². The fourth-order valence-electron chi connectivity index (χ4n) is 3.45. The molecule has 1 aliphatic heterocycles. The Morgan fingerprint density at radius 2 is 1.86 bits per heavy atom. The van der Waals surface area contributed by atoms with Crippen molar-refractivity contribution in [1.82, 2.24) is 4.90 Å². The van der Waals surface area contributed by atoms with Gasteiger partial charge in [0.05, 0.1) is 5.92 Å². The van der Waals surface area contributed by atoms with Gasteiger partial charge in [-0.3, -0.25) is 9.59 Å². The van der Waals surface area contributed by atoms with Crippen molar-refractivity contribution in [2.24, 2.45) is 5.92 Å². The maximum Gasteiger partial charge on any atom is 0.229 e. The molecule has 0 radical (unpaired) electrons. The van der Waals surface area contributed by atoms with Crippen LogP contribution in [-0.4, -0.2) is 29.8 Å². The number of hydrogen-bond donors (Lipinski definition) is 1. The number of hydrogen-bond acceptors (Lipinski definition) is 2. The van der Waals surface area contributed by atoms with Gasteiger partial charge in [-0.1, -0.05) is 38.1 Å². The third kappa shape index (κ3) is 4.97. The minimum absolute atomic E-state index is 0.00520. The Balaban J connectivity index is 1.52. The average Bonchev–Trinajstić information content (AvgIpc) is 3.08. The van der Waals surface area contributed by atoms with Crippen LogP contribution < -0.4 is 5.32 Å². The second-order valence-electron chi connectivity index (χ2n) is 7.54. The zero-order chi connectivity index (χ0) is 20.1. The van der Waals surface area contributed by atoms with Crippen molar-refractivity contribution in [3.8, 4) is 0 Å². The molecule has 1 heterocycles. The van der Waals surface area contributed by atoms with Gasteiger partial charge in [-0.2, -0.15) is 0 Å². The van der Waals surface area contributed by atoms with E-state index in [9.17, 15) is 14.0 Å². The van der Waals surface area contributed by atoms with Gasteiger partial charge >= 0.3 is 0 Å². The fourth-order valence-corrected chi connectivity index (χ4v) is 3.45. The lowest BCUT2D eigenvalue weighted by Crippen LogP contribution is -2.30. The zero-order valence-electron chi connectivity index (χ0n) is 16.5. The molecule has 1 N–H and O–H groups in total. The van der Waals surface area contributed by atoms with Gasteiger partial charge in [0.15, 0.2) is 0 Å². The van der Waals surface area contributed by atoms with Gasteiger partial charge < -0.3 is 10.2 Å². The summed E-state index contributed by atoms with van der Waals surface area (Å²) in [6.45, 7) is 5.30. The van der Waals surface area contributed by atoms with Gasteiger partial charge in [-0.25, -0.2) is 4.39 Å². The van der Waals surface area contributed by atoms with E-state index in [0.29, 0.717) is 25.4 Å². The largest absolute Gasteiger partial charge is 0.342 e. The van der Waals surface area contributed by atoms with Gasteiger partial charge in [0.2, 0.25) is 11.8 Å². The van der Waals surface area contributed by atoms with Crippen molar-refractivity contribution < 1.29 is 14.0 Å². The normalized spacial score (nSPS) is 17.6. The summed E-state index contributed by atoms with van der Waals surface area (Å²) in [5.74, 6) is -0.236. The highest BCUT2D eigenvalue weighted by atomic mass is 19.1. The zero-order valence-corrected chi connectivity index (χ0v) is 16.5. The summed E-state index contributed by atoms with van der Waals surface area (Å²) < 4.78 is 13.0. The van der Waals surface area contributed by atoms with Crippen LogP contribution in [0.2, 0.25) is 0 Å². The van der Waals surface area contributed by atoms with Crippen LogP contribution in [0.25, 0.3) is 0 Å². The molecule has 0 unspecified atom stereocenters. The topological polar surface area (TPSA) is 49.4 Å². The van der Waals surface area contributed by atoms with Crippen molar-refractivity contribution >= 4 is 17.5 Å². The predicted molar refractivity (Wildman–Crippen MR) is 109 cm³/mol. The minimum atomic E-state index is -0.338. The second kappa shape index (κ2) is 9.00. The monoisotopic (exact) mass is 382 g/mol. The van der Waals surface area contributed by atoms with E-state index < -0.39 is 0 Å². The average molecular weight is 382 g/mol. The maximum atomic E-state index is 13.0.